The molecule has 1 saturated carbocycles. The number of benzene rings is 2. The zero-order valence-electron chi connectivity index (χ0n) is 15.9. The molecule has 4 nitrogen and oxygen atoms in total. The molecule has 3 rings (SSSR count). The van der Waals surface area contributed by atoms with E-state index >= 15 is 0 Å². The van der Waals surface area contributed by atoms with E-state index in [0.717, 1.165) is 18.4 Å². The molecular formula is C23H27NO3. The minimum atomic E-state index is -0.608. The Morgan fingerprint density at radius 3 is 2.33 bits per heavy atom. The molecule has 0 bridgehead atoms. The summed E-state index contributed by atoms with van der Waals surface area (Å²) in [4.78, 5) is 25.3. The van der Waals surface area contributed by atoms with Crippen LogP contribution in [-0.2, 0) is 20.9 Å². The second-order valence-electron chi connectivity index (χ2n) is 7.32. The molecule has 27 heavy (non-hydrogen) atoms. The van der Waals surface area contributed by atoms with Gasteiger partial charge in [-0.2, -0.15) is 0 Å². The largest absolute Gasteiger partial charge is 0.459 e. The van der Waals surface area contributed by atoms with E-state index in [2.05, 4.69) is 17.4 Å². The number of nitrogens with one attached hydrogen (secondary N) is 1. The van der Waals surface area contributed by atoms with Gasteiger partial charge >= 0.3 is 5.97 Å². The number of rotatable bonds is 8. The Bertz CT molecular complexity index is 760. The first-order chi connectivity index (χ1) is 13.1. The Kier molecular flexibility index (Phi) is 6.28. The number of carbonyl (C=O) groups excluding carboxylic acids is 2. The van der Waals surface area contributed by atoms with Gasteiger partial charge in [-0.3, -0.25) is 4.79 Å². The van der Waals surface area contributed by atoms with Gasteiger partial charge in [-0.1, -0.05) is 80.9 Å². The van der Waals surface area contributed by atoms with E-state index < -0.39 is 6.04 Å². The molecule has 2 aromatic rings. The summed E-state index contributed by atoms with van der Waals surface area (Å²) in [6, 6.07) is 19.0. The van der Waals surface area contributed by atoms with E-state index in [1.54, 1.807) is 0 Å². The van der Waals surface area contributed by atoms with Gasteiger partial charge in [0.25, 0.3) is 0 Å². The number of ether oxygens (including phenoxy) is 1. The van der Waals surface area contributed by atoms with Crippen LogP contribution in [0.1, 0.15) is 43.7 Å². The van der Waals surface area contributed by atoms with Gasteiger partial charge in [0.2, 0.25) is 5.91 Å². The highest BCUT2D eigenvalue weighted by molar-refractivity contribution is 5.88. The van der Waals surface area contributed by atoms with E-state index in [-0.39, 0.29) is 36.2 Å². The van der Waals surface area contributed by atoms with Gasteiger partial charge in [-0.25, -0.2) is 4.79 Å². The molecule has 0 heterocycles. The van der Waals surface area contributed by atoms with Crippen molar-refractivity contribution >= 4 is 11.9 Å². The van der Waals surface area contributed by atoms with Gasteiger partial charge in [-0.15, -0.1) is 0 Å². The number of hydrogen-bond donors (Lipinski definition) is 1. The zero-order chi connectivity index (χ0) is 19.2. The Balaban J connectivity index is 1.58. The highest BCUT2D eigenvalue weighted by atomic mass is 16.5. The molecule has 0 aromatic heterocycles. The topological polar surface area (TPSA) is 55.4 Å². The third-order valence-corrected chi connectivity index (χ3v) is 5.34. The van der Waals surface area contributed by atoms with E-state index in [4.69, 9.17) is 4.74 Å². The van der Waals surface area contributed by atoms with Crippen LogP contribution in [0.5, 0.6) is 0 Å². The van der Waals surface area contributed by atoms with Gasteiger partial charge < -0.3 is 10.1 Å². The summed E-state index contributed by atoms with van der Waals surface area (Å²) in [5, 5.41) is 2.95. The van der Waals surface area contributed by atoms with Crippen LogP contribution in [0.25, 0.3) is 0 Å². The van der Waals surface area contributed by atoms with Crippen LogP contribution in [0.15, 0.2) is 60.7 Å². The molecule has 1 N–H and O–H groups in total. The molecule has 0 aliphatic heterocycles. The number of amides is 1. The van der Waals surface area contributed by atoms with Gasteiger partial charge in [0.15, 0.2) is 0 Å². The van der Waals surface area contributed by atoms with Crippen molar-refractivity contribution in [3.63, 3.8) is 0 Å². The van der Waals surface area contributed by atoms with Crippen LogP contribution in [-0.4, -0.2) is 17.9 Å². The lowest BCUT2D eigenvalue weighted by Crippen LogP contribution is -2.46. The third kappa shape index (κ3) is 4.97. The van der Waals surface area contributed by atoms with Crippen LogP contribution >= 0.6 is 0 Å². The predicted octanol–water partition coefficient (Wildman–Crippen LogP) is 4.06. The van der Waals surface area contributed by atoms with Gasteiger partial charge in [-0.05, 0) is 29.4 Å². The predicted molar refractivity (Wildman–Crippen MR) is 105 cm³/mol. The van der Waals surface area contributed by atoms with Gasteiger partial charge in [0, 0.05) is 5.92 Å². The normalized spacial score (nSPS) is 20.4. The molecule has 0 saturated heterocycles. The summed E-state index contributed by atoms with van der Waals surface area (Å²) in [7, 11) is 0. The molecule has 1 aliphatic carbocycles. The Morgan fingerprint density at radius 2 is 1.70 bits per heavy atom. The lowest BCUT2D eigenvalue weighted by atomic mass is 9.98. The average molecular weight is 365 g/mol. The van der Waals surface area contributed by atoms with Crippen molar-refractivity contribution in [1.82, 2.24) is 5.32 Å². The van der Waals surface area contributed by atoms with Crippen LogP contribution in [0.3, 0.4) is 0 Å². The quantitative estimate of drug-likeness (QED) is 0.718. The molecule has 4 heteroatoms. The van der Waals surface area contributed by atoms with E-state index in [1.165, 1.54) is 5.56 Å². The summed E-state index contributed by atoms with van der Waals surface area (Å²) in [6.45, 7) is 4.20. The van der Waals surface area contributed by atoms with Gasteiger partial charge in [0.05, 0.1) is 0 Å². The lowest BCUT2D eigenvalue weighted by Gasteiger charge is -2.23. The molecule has 0 spiro atoms. The molecule has 0 radical (unpaired) electrons. The second-order valence-corrected chi connectivity index (χ2v) is 7.32. The smallest absolute Gasteiger partial charge is 0.329 e. The minimum Gasteiger partial charge on any atom is -0.459 e. The standard InChI is InChI=1S/C23H27NO3/c1-3-16(2)21(23(26)27-15-17-10-6-4-7-11-17)24-22(25)20-14-19(20)18-12-8-5-9-13-18/h4-13,16,19-21H,3,14-15H2,1-2H3,(H,24,25). The fourth-order valence-corrected chi connectivity index (χ4v) is 3.30. The van der Waals surface area contributed by atoms with E-state index in [9.17, 15) is 9.59 Å². The van der Waals surface area contributed by atoms with Crippen molar-refractivity contribution < 1.29 is 14.3 Å². The lowest BCUT2D eigenvalue weighted by molar-refractivity contribution is -0.150. The van der Waals surface area contributed by atoms with Crippen LogP contribution in [0.2, 0.25) is 0 Å². The maximum atomic E-state index is 12.7. The van der Waals surface area contributed by atoms with Gasteiger partial charge in [0.1, 0.15) is 12.6 Å². The Morgan fingerprint density at radius 1 is 1.07 bits per heavy atom. The highest BCUT2D eigenvalue weighted by Gasteiger charge is 2.45. The summed E-state index contributed by atoms with van der Waals surface area (Å²) in [6.07, 6.45) is 1.63. The Hall–Kier alpha value is -2.62. The van der Waals surface area contributed by atoms with Crippen molar-refractivity contribution in [2.75, 3.05) is 0 Å². The minimum absolute atomic E-state index is 0.0196. The van der Waals surface area contributed by atoms with Crippen molar-refractivity contribution in [1.29, 1.82) is 0 Å². The molecule has 1 fully saturated rings. The number of esters is 1. The van der Waals surface area contributed by atoms with Crippen molar-refractivity contribution in [2.24, 2.45) is 11.8 Å². The molecular weight excluding hydrogens is 338 g/mol. The SMILES string of the molecule is CCC(C)C(NC(=O)C1CC1c1ccccc1)C(=O)OCc1ccccc1. The first kappa shape index (κ1) is 19.2. The van der Waals surface area contributed by atoms with Crippen LogP contribution in [0.4, 0.5) is 0 Å². The maximum absolute atomic E-state index is 12.7. The van der Waals surface area contributed by atoms with Crippen molar-refractivity contribution in [3.05, 3.63) is 71.8 Å². The summed E-state index contributed by atoms with van der Waals surface area (Å²) >= 11 is 0. The summed E-state index contributed by atoms with van der Waals surface area (Å²) in [5.74, 6) is -0.194. The first-order valence-corrected chi connectivity index (χ1v) is 9.66. The fourth-order valence-electron chi connectivity index (χ4n) is 3.30. The van der Waals surface area contributed by atoms with Crippen molar-refractivity contribution in [2.45, 2.75) is 45.3 Å². The zero-order valence-corrected chi connectivity index (χ0v) is 15.9. The van der Waals surface area contributed by atoms with E-state index in [0.29, 0.717) is 0 Å². The number of carbonyl (C=O) groups is 2. The Labute approximate surface area is 160 Å². The molecule has 1 aliphatic rings. The van der Waals surface area contributed by atoms with E-state index in [1.807, 2.05) is 62.4 Å². The summed E-state index contributed by atoms with van der Waals surface area (Å²) in [5.41, 5.74) is 2.12. The second kappa shape index (κ2) is 8.85. The molecule has 4 unspecified atom stereocenters. The first-order valence-electron chi connectivity index (χ1n) is 9.66. The van der Waals surface area contributed by atoms with Crippen molar-refractivity contribution in [3.8, 4) is 0 Å². The monoisotopic (exact) mass is 365 g/mol. The molecule has 4 atom stereocenters. The molecule has 1 amide bonds. The summed E-state index contributed by atoms with van der Waals surface area (Å²) < 4.78 is 5.47. The van der Waals surface area contributed by atoms with Crippen LogP contribution < -0.4 is 5.32 Å². The number of hydrogen-bond acceptors (Lipinski definition) is 3. The third-order valence-electron chi connectivity index (χ3n) is 5.34. The molecule has 142 valence electrons. The highest BCUT2D eigenvalue weighted by Crippen LogP contribution is 2.47. The fraction of sp³-hybridized carbons (Fsp3) is 0.391. The molecule has 2 aromatic carbocycles. The average Bonchev–Trinajstić information content (AvgIpc) is 3.52. The van der Waals surface area contributed by atoms with Crippen LogP contribution in [0, 0.1) is 11.8 Å². The maximum Gasteiger partial charge on any atom is 0.329 e.